The fraction of sp³-hybridized carbons (Fsp3) is 0.538. The summed E-state index contributed by atoms with van der Waals surface area (Å²) in [7, 11) is 0. The van der Waals surface area contributed by atoms with Gasteiger partial charge < -0.3 is 10.4 Å². The van der Waals surface area contributed by atoms with Crippen molar-refractivity contribution < 1.29 is 31.4 Å². The smallest absolute Gasteiger partial charge is 0.389 e. The van der Waals surface area contributed by atoms with Crippen LogP contribution in [0.15, 0.2) is 18.2 Å². The SMILES string of the molecule is CC(C)(O)CNCc1cc(C(F)(F)F)cc(C(F)(F)F)c1. The minimum Gasteiger partial charge on any atom is -0.389 e. The van der Waals surface area contributed by atoms with Crippen LogP contribution < -0.4 is 5.32 Å². The van der Waals surface area contributed by atoms with Crippen molar-refractivity contribution in [2.45, 2.75) is 38.3 Å². The van der Waals surface area contributed by atoms with Crippen LogP contribution in [0.25, 0.3) is 0 Å². The maximum absolute atomic E-state index is 12.6. The third-order valence-corrected chi connectivity index (χ3v) is 2.53. The molecule has 0 aliphatic rings. The van der Waals surface area contributed by atoms with E-state index in [4.69, 9.17) is 0 Å². The van der Waals surface area contributed by atoms with Crippen molar-refractivity contribution in [3.8, 4) is 0 Å². The Morgan fingerprint density at radius 2 is 1.33 bits per heavy atom. The van der Waals surface area contributed by atoms with Crippen molar-refractivity contribution in [3.05, 3.63) is 34.9 Å². The number of rotatable bonds is 4. The molecule has 1 aromatic rings. The van der Waals surface area contributed by atoms with Gasteiger partial charge in [0.25, 0.3) is 0 Å². The second-order valence-corrected chi connectivity index (χ2v) is 5.33. The quantitative estimate of drug-likeness (QED) is 0.832. The van der Waals surface area contributed by atoms with Crippen LogP contribution in [0.4, 0.5) is 26.3 Å². The molecule has 1 rings (SSSR count). The van der Waals surface area contributed by atoms with E-state index in [0.717, 1.165) is 0 Å². The summed E-state index contributed by atoms with van der Waals surface area (Å²) in [5, 5.41) is 12.1. The van der Waals surface area contributed by atoms with Gasteiger partial charge in [0, 0.05) is 13.1 Å². The van der Waals surface area contributed by atoms with E-state index in [-0.39, 0.29) is 24.7 Å². The molecule has 0 radical (unpaired) electrons. The number of nitrogens with one attached hydrogen (secondary N) is 1. The fourth-order valence-corrected chi connectivity index (χ4v) is 1.63. The van der Waals surface area contributed by atoms with Crippen molar-refractivity contribution in [2.24, 2.45) is 0 Å². The van der Waals surface area contributed by atoms with Gasteiger partial charge >= 0.3 is 12.4 Å². The van der Waals surface area contributed by atoms with Gasteiger partial charge in [-0.3, -0.25) is 0 Å². The van der Waals surface area contributed by atoms with Gasteiger partial charge in [0.1, 0.15) is 0 Å². The number of benzene rings is 1. The Bertz CT molecular complexity index is 455. The highest BCUT2D eigenvalue weighted by Crippen LogP contribution is 2.36. The van der Waals surface area contributed by atoms with Crippen LogP contribution in [-0.2, 0) is 18.9 Å². The van der Waals surface area contributed by atoms with E-state index in [1.165, 1.54) is 13.8 Å². The van der Waals surface area contributed by atoms with Crippen LogP contribution in [0.1, 0.15) is 30.5 Å². The van der Waals surface area contributed by atoms with Gasteiger partial charge in [-0.05, 0) is 37.6 Å². The Balaban J connectivity index is 3.03. The molecule has 0 spiro atoms. The van der Waals surface area contributed by atoms with E-state index < -0.39 is 29.1 Å². The minimum atomic E-state index is -4.85. The lowest BCUT2D eigenvalue weighted by Gasteiger charge is -2.19. The van der Waals surface area contributed by atoms with E-state index in [1.54, 1.807) is 0 Å². The fourth-order valence-electron chi connectivity index (χ4n) is 1.63. The first-order chi connectivity index (χ1) is 9.29. The zero-order valence-electron chi connectivity index (χ0n) is 11.4. The molecule has 0 aliphatic heterocycles. The summed E-state index contributed by atoms with van der Waals surface area (Å²) >= 11 is 0. The Morgan fingerprint density at radius 1 is 0.905 bits per heavy atom. The molecule has 0 heterocycles. The Hall–Kier alpha value is -1.28. The highest BCUT2D eigenvalue weighted by Gasteiger charge is 2.36. The number of aliphatic hydroxyl groups is 1. The average Bonchev–Trinajstić information content (AvgIpc) is 2.24. The molecule has 0 atom stereocenters. The van der Waals surface area contributed by atoms with E-state index in [9.17, 15) is 31.4 Å². The predicted molar refractivity (Wildman–Crippen MR) is 64.5 cm³/mol. The maximum Gasteiger partial charge on any atom is 0.416 e. The summed E-state index contributed by atoms with van der Waals surface area (Å²) in [4.78, 5) is 0. The molecule has 2 N–H and O–H groups in total. The highest BCUT2D eigenvalue weighted by atomic mass is 19.4. The van der Waals surface area contributed by atoms with Gasteiger partial charge in [0.15, 0.2) is 0 Å². The standard InChI is InChI=1S/C13H15F6NO/c1-11(2,21)7-20-6-8-3-9(12(14,15)16)5-10(4-8)13(17,18)19/h3-5,20-21H,6-7H2,1-2H3. The third-order valence-electron chi connectivity index (χ3n) is 2.53. The Kier molecular flexibility index (Phi) is 4.94. The molecule has 0 saturated carbocycles. The van der Waals surface area contributed by atoms with E-state index in [0.29, 0.717) is 12.1 Å². The molecule has 0 amide bonds. The van der Waals surface area contributed by atoms with Crippen molar-refractivity contribution in [1.29, 1.82) is 0 Å². The Labute approximate surface area is 117 Å². The van der Waals surface area contributed by atoms with Crippen LogP contribution in [-0.4, -0.2) is 17.3 Å². The molecule has 0 bridgehead atoms. The lowest BCUT2D eigenvalue weighted by Crippen LogP contribution is -2.34. The molecular weight excluding hydrogens is 300 g/mol. The van der Waals surface area contributed by atoms with Gasteiger partial charge in [0.05, 0.1) is 16.7 Å². The molecule has 2 nitrogen and oxygen atoms in total. The van der Waals surface area contributed by atoms with Crippen molar-refractivity contribution >= 4 is 0 Å². The average molecular weight is 315 g/mol. The molecule has 1 aromatic carbocycles. The van der Waals surface area contributed by atoms with Crippen LogP contribution >= 0.6 is 0 Å². The molecular formula is C13H15F6NO. The summed E-state index contributed by atoms with van der Waals surface area (Å²) in [6, 6.07) is 1.40. The summed E-state index contributed by atoms with van der Waals surface area (Å²) in [5.41, 5.74) is -3.97. The highest BCUT2D eigenvalue weighted by molar-refractivity contribution is 5.33. The Morgan fingerprint density at radius 3 is 1.67 bits per heavy atom. The molecule has 21 heavy (non-hydrogen) atoms. The lowest BCUT2D eigenvalue weighted by atomic mass is 10.0. The van der Waals surface area contributed by atoms with Gasteiger partial charge in [-0.1, -0.05) is 0 Å². The van der Waals surface area contributed by atoms with Crippen LogP contribution in [0, 0.1) is 0 Å². The van der Waals surface area contributed by atoms with Crippen molar-refractivity contribution in [2.75, 3.05) is 6.54 Å². The van der Waals surface area contributed by atoms with Gasteiger partial charge in [0.2, 0.25) is 0 Å². The first-order valence-electron chi connectivity index (χ1n) is 6.00. The molecule has 120 valence electrons. The molecule has 8 heteroatoms. The predicted octanol–water partition coefficient (Wildman–Crippen LogP) is 3.58. The number of hydrogen-bond donors (Lipinski definition) is 2. The minimum absolute atomic E-state index is 0.0323. The molecule has 0 fully saturated rings. The maximum atomic E-state index is 12.6. The molecule has 0 aromatic heterocycles. The largest absolute Gasteiger partial charge is 0.416 e. The van der Waals surface area contributed by atoms with Gasteiger partial charge in [-0.15, -0.1) is 0 Å². The van der Waals surface area contributed by atoms with Crippen LogP contribution in [0.2, 0.25) is 0 Å². The zero-order valence-corrected chi connectivity index (χ0v) is 11.4. The first kappa shape index (κ1) is 17.8. The number of halogens is 6. The van der Waals surface area contributed by atoms with Gasteiger partial charge in [-0.25, -0.2) is 0 Å². The summed E-state index contributed by atoms with van der Waals surface area (Å²) in [6.07, 6.45) is -9.71. The topological polar surface area (TPSA) is 32.3 Å². The molecule has 0 aliphatic carbocycles. The molecule has 0 unspecified atom stereocenters. The summed E-state index contributed by atoms with van der Waals surface area (Å²) in [5.74, 6) is 0. The number of alkyl halides is 6. The van der Waals surface area contributed by atoms with Crippen LogP contribution in [0.5, 0.6) is 0 Å². The van der Waals surface area contributed by atoms with Crippen LogP contribution in [0.3, 0.4) is 0 Å². The second-order valence-electron chi connectivity index (χ2n) is 5.33. The second kappa shape index (κ2) is 5.84. The number of hydrogen-bond acceptors (Lipinski definition) is 2. The summed E-state index contributed by atoms with van der Waals surface area (Å²) in [6.45, 7) is 2.75. The van der Waals surface area contributed by atoms with E-state index in [2.05, 4.69) is 5.32 Å². The van der Waals surface area contributed by atoms with E-state index in [1.807, 2.05) is 0 Å². The first-order valence-corrected chi connectivity index (χ1v) is 6.00. The third kappa shape index (κ3) is 5.92. The monoisotopic (exact) mass is 315 g/mol. The molecule has 0 saturated heterocycles. The van der Waals surface area contributed by atoms with Gasteiger partial charge in [-0.2, -0.15) is 26.3 Å². The van der Waals surface area contributed by atoms with Crippen molar-refractivity contribution in [3.63, 3.8) is 0 Å². The lowest BCUT2D eigenvalue weighted by molar-refractivity contribution is -0.143. The van der Waals surface area contributed by atoms with Crippen molar-refractivity contribution in [1.82, 2.24) is 5.32 Å². The zero-order chi connectivity index (χ0) is 16.5. The normalized spacial score (nSPS) is 13.6. The van der Waals surface area contributed by atoms with E-state index >= 15 is 0 Å². The summed E-state index contributed by atoms with van der Waals surface area (Å²) < 4.78 is 75.7.